The van der Waals surface area contributed by atoms with E-state index in [4.69, 9.17) is 4.74 Å². The van der Waals surface area contributed by atoms with Crippen LogP contribution in [0.25, 0.3) is 0 Å². The summed E-state index contributed by atoms with van der Waals surface area (Å²) in [5.41, 5.74) is 4.06. The van der Waals surface area contributed by atoms with Gasteiger partial charge in [0, 0.05) is 0 Å². The molecule has 0 spiro atoms. The molecule has 120 valence electrons. The lowest BCUT2D eigenvalue weighted by atomic mass is 10.2. The first-order valence-corrected chi connectivity index (χ1v) is 7.86. The molecule has 0 fully saturated rings. The number of nitrogens with one attached hydrogen (secondary N) is 1. The molecule has 6 heteroatoms. The summed E-state index contributed by atoms with van der Waals surface area (Å²) in [5, 5.41) is 3.76. The van der Waals surface area contributed by atoms with Crippen LogP contribution in [-0.4, -0.2) is 18.7 Å². The highest BCUT2D eigenvalue weighted by Crippen LogP contribution is 2.26. The first-order valence-electron chi connectivity index (χ1n) is 7.07. The Kier molecular flexibility index (Phi) is 6.29. The second-order valence-corrected chi connectivity index (χ2v) is 5.61. The van der Waals surface area contributed by atoms with Crippen LogP contribution < -0.4 is 10.2 Å². The van der Waals surface area contributed by atoms with E-state index in [1.165, 1.54) is 23.9 Å². The van der Waals surface area contributed by atoms with E-state index in [9.17, 15) is 9.18 Å². The summed E-state index contributed by atoms with van der Waals surface area (Å²) in [5.74, 6) is -0.167. The van der Waals surface area contributed by atoms with Gasteiger partial charge in [0.2, 0.25) is 0 Å². The van der Waals surface area contributed by atoms with Crippen LogP contribution in [0.3, 0.4) is 0 Å². The van der Waals surface area contributed by atoms with E-state index in [-0.39, 0.29) is 12.4 Å². The summed E-state index contributed by atoms with van der Waals surface area (Å²) < 4.78 is 19.2. The Balaban J connectivity index is 1.83. The van der Waals surface area contributed by atoms with E-state index in [1.807, 2.05) is 18.2 Å². The molecule has 0 bridgehead atoms. The fourth-order valence-corrected chi connectivity index (χ4v) is 2.36. The largest absolute Gasteiger partial charge is 0.483 e. The monoisotopic (exact) mass is 378 g/mol. The Morgan fingerprint density at radius 1 is 1.35 bits per heavy atom. The summed E-state index contributed by atoms with van der Waals surface area (Å²) in [6, 6.07) is 11.6. The molecule has 0 aromatic heterocycles. The first kappa shape index (κ1) is 17.1. The first-order chi connectivity index (χ1) is 11.1. The van der Waals surface area contributed by atoms with Crippen molar-refractivity contribution in [3.05, 3.63) is 63.9 Å². The maximum atomic E-state index is 13.0. The third-order valence-electron chi connectivity index (χ3n) is 3.01. The van der Waals surface area contributed by atoms with Crippen LogP contribution in [0.4, 0.5) is 4.39 Å². The summed E-state index contributed by atoms with van der Waals surface area (Å²) in [6.07, 6.45) is 2.29. The molecule has 0 unspecified atom stereocenters. The fourth-order valence-electron chi connectivity index (χ4n) is 1.82. The van der Waals surface area contributed by atoms with Gasteiger partial charge in [0.25, 0.3) is 5.91 Å². The molecule has 0 radical (unpaired) electrons. The zero-order chi connectivity index (χ0) is 16.7. The minimum absolute atomic E-state index is 0.162. The van der Waals surface area contributed by atoms with Crippen molar-refractivity contribution in [3.8, 4) is 5.75 Å². The van der Waals surface area contributed by atoms with E-state index in [0.717, 1.165) is 10.9 Å². The Morgan fingerprint density at radius 3 is 2.87 bits per heavy atom. The lowest BCUT2D eigenvalue weighted by molar-refractivity contribution is -0.123. The molecule has 2 aromatic carbocycles. The van der Waals surface area contributed by atoms with Gasteiger partial charge in [-0.3, -0.25) is 4.79 Å². The molecular formula is C17H16BrFN2O2. The number of hydrazone groups is 1. The van der Waals surface area contributed by atoms with Gasteiger partial charge in [-0.05, 0) is 57.7 Å². The van der Waals surface area contributed by atoms with Gasteiger partial charge in [0.15, 0.2) is 6.61 Å². The molecule has 0 aliphatic heterocycles. The summed E-state index contributed by atoms with van der Waals surface area (Å²) in [7, 11) is 0. The fraction of sp³-hybridized carbons (Fsp3) is 0.176. The number of ether oxygens (including phenoxy) is 1. The van der Waals surface area contributed by atoms with Crippen LogP contribution in [0.1, 0.15) is 18.1 Å². The van der Waals surface area contributed by atoms with Crippen molar-refractivity contribution in [3.63, 3.8) is 0 Å². The van der Waals surface area contributed by atoms with Crippen molar-refractivity contribution in [2.45, 2.75) is 13.3 Å². The molecule has 4 nitrogen and oxygen atoms in total. The maximum absolute atomic E-state index is 13.0. The predicted molar refractivity (Wildman–Crippen MR) is 91.2 cm³/mol. The third-order valence-corrected chi connectivity index (χ3v) is 3.63. The van der Waals surface area contributed by atoms with Gasteiger partial charge in [-0.25, -0.2) is 9.82 Å². The van der Waals surface area contributed by atoms with Crippen molar-refractivity contribution in [2.24, 2.45) is 5.10 Å². The Morgan fingerprint density at radius 2 is 2.17 bits per heavy atom. The van der Waals surface area contributed by atoms with E-state index >= 15 is 0 Å². The van der Waals surface area contributed by atoms with Crippen LogP contribution in [0.2, 0.25) is 0 Å². The van der Waals surface area contributed by atoms with Crippen LogP contribution in [-0.2, 0) is 11.2 Å². The van der Waals surface area contributed by atoms with Gasteiger partial charge in [0.05, 0.1) is 10.7 Å². The van der Waals surface area contributed by atoms with Crippen molar-refractivity contribution in [1.82, 2.24) is 5.43 Å². The average molecular weight is 379 g/mol. The molecule has 23 heavy (non-hydrogen) atoms. The van der Waals surface area contributed by atoms with Crippen molar-refractivity contribution in [2.75, 3.05) is 6.61 Å². The molecule has 0 aliphatic rings. The highest BCUT2D eigenvalue weighted by molar-refractivity contribution is 9.10. The van der Waals surface area contributed by atoms with Gasteiger partial charge in [-0.1, -0.05) is 25.1 Å². The molecule has 0 aliphatic carbocycles. The molecule has 1 amide bonds. The van der Waals surface area contributed by atoms with E-state index < -0.39 is 5.91 Å². The zero-order valence-corrected chi connectivity index (χ0v) is 14.1. The maximum Gasteiger partial charge on any atom is 0.277 e. The minimum atomic E-state index is -0.399. The number of hydrogen-bond acceptors (Lipinski definition) is 3. The van der Waals surface area contributed by atoms with E-state index in [2.05, 4.69) is 33.4 Å². The smallest absolute Gasteiger partial charge is 0.277 e. The normalized spacial score (nSPS) is 10.7. The minimum Gasteiger partial charge on any atom is -0.483 e. The Labute approximate surface area is 142 Å². The Hall–Kier alpha value is -2.21. The number of aryl methyl sites for hydroxylation is 1. The van der Waals surface area contributed by atoms with Crippen LogP contribution >= 0.6 is 15.9 Å². The topological polar surface area (TPSA) is 50.7 Å². The van der Waals surface area contributed by atoms with Crippen LogP contribution in [0.15, 0.2) is 52.0 Å². The number of halogens is 2. The number of carbonyl (C=O) groups is 1. The van der Waals surface area contributed by atoms with Gasteiger partial charge >= 0.3 is 0 Å². The quantitative estimate of drug-likeness (QED) is 0.615. The summed E-state index contributed by atoms with van der Waals surface area (Å²) in [4.78, 5) is 11.7. The molecule has 1 N–H and O–H groups in total. The van der Waals surface area contributed by atoms with Crippen LogP contribution in [0.5, 0.6) is 5.75 Å². The lowest BCUT2D eigenvalue weighted by Gasteiger charge is -2.08. The van der Waals surface area contributed by atoms with E-state index in [1.54, 1.807) is 12.1 Å². The second kappa shape index (κ2) is 8.43. The summed E-state index contributed by atoms with van der Waals surface area (Å²) in [6.45, 7) is 1.90. The molecule has 0 heterocycles. The molecule has 2 rings (SSSR count). The zero-order valence-electron chi connectivity index (χ0n) is 12.6. The number of nitrogens with zero attached hydrogens (tertiary/aromatic N) is 1. The second-order valence-electron chi connectivity index (χ2n) is 4.76. The molecule has 2 aromatic rings. The Bertz CT molecular complexity index is 719. The van der Waals surface area contributed by atoms with Gasteiger partial charge in [0.1, 0.15) is 11.6 Å². The SMILES string of the molecule is CCc1ccc(OCC(=O)NN=Cc2cccc(F)c2)c(Br)c1. The van der Waals surface area contributed by atoms with Gasteiger partial charge < -0.3 is 4.74 Å². The van der Waals surface area contributed by atoms with Crippen molar-refractivity contribution < 1.29 is 13.9 Å². The molecular weight excluding hydrogens is 363 g/mol. The highest BCUT2D eigenvalue weighted by Gasteiger charge is 2.05. The number of benzene rings is 2. The van der Waals surface area contributed by atoms with Gasteiger partial charge in [-0.15, -0.1) is 0 Å². The standard InChI is InChI=1S/C17H16BrFN2O2/c1-2-12-6-7-16(15(18)9-12)23-11-17(22)21-20-10-13-4-3-5-14(19)8-13/h3-10H,2,11H2,1H3,(H,21,22). The van der Waals surface area contributed by atoms with Crippen molar-refractivity contribution in [1.29, 1.82) is 0 Å². The third kappa shape index (κ3) is 5.49. The number of hydrogen-bond donors (Lipinski definition) is 1. The molecule has 0 atom stereocenters. The van der Waals surface area contributed by atoms with Crippen LogP contribution in [0, 0.1) is 5.82 Å². The number of rotatable bonds is 6. The molecule has 0 saturated carbocycles. The number of amides is 1. The van der Waals surface area contributed by atoms with Gasteiger partial charge in [-0.2, -0.15) is 5.10 Å². The lowest BCUT2D eigenvalue weighted by Crippen LogP contribution is -2.24. The van der Waals surface area contributed by atoms with Crippen molar-refractivity contribution >= 4 is 28.1 Å². The van der Waals surface area contributed by atoms with E-state index in [0.29, 0.717) is 11.3 Å². The average Bonchev–Trinajstić information content (AvgIpc) is 2.53. The highest BCUT2D eigenvalue weighted by atomic mass is 79.9. The predicted octanol–water partition coefficient (Wildman–Crippen LogP) is 3.68. The number of carbonyl (C=O) groups excluding carboxylic acids is 1. The summed E-state index contributed by atoms with van der Waals surface area (Å²) >= 11 is 3.41. The molecule has 0 saturated heterocycles.